The number of para-hydroxylation sites is 2. The maximum Gasteiger partial charge on any atom is 0.244 e. The van der Waals surface area contributed by atoms with Crippen LogP contribution in [0.2, 0.25) is 0 Å². The molecule has 4 rings (SSSR count). The molecule has 1 aromatic heterocycles. The molecule has 1 N–H and O–H groups in total. The number of thioether (sulfide) groups is 1. The molecule has 2 heterocycles. The van der Waals surface area contributed by atoms with Crippen LogP contribution in [0.4, 0.5) is 11.4 Å². The molecule has 0 saturated carbocycles. The van der Waals surface area contributed by atoms with Crippen molar-refractivity contribution in [1.82, 2.24) is 0 Å². The van der Waals surface area contributed by atoms with Gasteiger partial charge in [0, 0.05) is 17.0 Å². The molecule has 2 aromatic carbocycles. The van der Waals surface area contributed by atoms with Crippen LogP contribution in [-0.2, 0) is 9.59 Å². The zero-order chi connectivity index (χ0) is 18.6. The average Bonchev–Trinajstić information content (AvgIpc) is 3.17. The van der Waals surface area contributed by atoms with Gasteiger partial charge in [0.2, 0.25) is 11.8 Å². The SMILES string of the molecule is O=C(CN1C(=O)CC(c2ccco2)Sc2ccccc21)Nc1ccccc1. The third kappa shape index (κ3) is 3.90. The molecule has 1 aliphatic rings. The Morgan fingerprint density at radius 3 is 2.63 bits per heavy atom. The van der Waals surface area contributed by atoms with Gasteiger partial charge in [-0.3, -0.25) is 9.59 Å². The summed E-state index contributed by atoms with van der Waals surface area (Å²) in [6.07, 6.45) is 1.88. The molecule has 27 heavy (non-hydrogen) atoms. The number of hydrogen-bond donors (Lipinski definition) is 1. The van der Waals surface area contributed by atoms with E-state index in [0.717, 1.165) is 16.3 Å². The fraction of sp³-hybridized carbons (Fsp3) is 0.143. The Morgan fingerprint density at radius 2 is 1.85 bits per heavy atom. The van der Waals surface area contributed by atoms with Crippen molar-refractivity contribution < 1.29 is 14.0 Å². The van der Waals surface area contributed by atoms with E-state index in [1.807, 2.05) is 66.7 Å². The van der Waals surface area contributed by atoms with Crippen LogP contribution in [0.1, 0.15) is 17.4 Å². The van der Waals surface area contributed by atoms with Crippen LogP contribution in [0.15, 0.2) is 82.3 Å². The second kappa shape index (κ2) is 7.72. The predicted molar refractivity (Wildman–Crippen MR) is 106 cm³/mol. The van der Waals surface area contributed by atoms with Gasteiger partial charge in [0.25, 0.3) is 0 Å². The molecule has 1 unspecified atom stereocenters. The molecule has 5 nitrogen and oxygen atoms in total. The van der Waals surface area contributed by atoms with Gasteiger partial charge in [0.1, 0.15) is 12.3 Å². The van der Waals surface area contributed by atoms with E-state index in [4.69, 9.17) is 4.42 Å². The topological polar surface area (TPSA) is 62.6 Å². The number of rotatable bonds is 4. The third-order valence-corrected chi connectivity index (χ3v) is 5.59. The van der Waals surface area contributed by atoms with E-state index >= 15 is 0 Å². The molecule has 1 atom stereocenters. The Balaban J connectivity index is 1.58. The van der Waals surface area contributed by atoms with E-state index in [9.17, 15) is 9.59 Å². The van der Waals surface area contributed by atoms with Crippen LogP contribution >= 0.6 is 11.8 Å². The van der Waals surface area contributed by atoms with Crippen LogP contribution in [0.25, 0.3) is 0 Å². The van der Waals surface area contributed by atoms with Gasteiger partial charge >= 0.3 is 0 Å². The summed E-state index contributed by atoms with van der Waals surface area (Å²) in [6, 6.07) is 20.6. The number of anilines is 2. The lowest BCUT2D eigenvalue weighted by atomic mass is 10.2. The second-order valence-electron chi connectivity index (χ2n) is 6.19. The van der Waals surface area contributed by atoms with Crippen LogP contribution in [-0.4, -0.2) is 18.4 Å². The lowest BCUT2D eigenvalue weighted by molar-refractivity contribution is -0.121. The summed E-state index contributed by atoms with van der Waals surface area (Å²) >= 11 is 1.59. The molecule has 136 valence electrons. The molecule has 1 aliphatic heterocycles. The van der Waals surface area contributed by atoms with Crippen molar-refractivity contribution in [2.24, 2.45) is 0 Å². The summed E-state index contributed by atoms with van der Waals surface area (Å²) in [7, 11) is 0. The van der Waals surface area contributed by atoms with Gasteiger partial charge in [-0.2, -0.15) is 0 Å². The van der Waals surface area contributed by atoms with Crippen molar-refractivity contribution in [3.05, 3.63) is 78.8 Å². The van der Waals surface area contributed by atoms with E-state index in [0.29, 0.717) is 5.69 Å². The molecular formula is C21H18N2O3S. The quantitative estimate of drug-likeness (QED) is 0.727. The lowest BCUT2D eigenvalue weighted by Crippen LogP contribution is -2.38. The van der Waals surface area contributed by atoms with E-state index in [1.165, 1.54) is 0 Å². The fourth-order valence-corrected chi connectivity index (χ4v) is 4.29. The number of carbonyl (C=O) groups excluding carboxylic acids is 2. The highest BCUT2D eigenvalue weighted by atomic mass is 32.2. The molecule has 0 bridgehead atoms. The van der Waals surface area contributed by atoms with Gasteiger partial charge in [-0.25, -0.2) is 0 Å². The highest BCUT2D eigenvalue weighted by molar-refractivity contribution is 7.99. The van der Waals surface area contributed by atoms with Crippen molar-refractivity contribution in [2.45, 2.75) is 16.6 Å². The molecule has 0 radical (unpaired) electrons. The molecule has 0 saturated heterocycles. The van der Waals surface area contributed by atoms with Crippen molar-refractivity contribution in [1.29, 1.82) is 0 Å². The minimum atomic E-state index is -0.231. The number of fused-ring (bicyclic) bond motifs is 1. The second-order valence-corrected chi connectivity index (χ2v) is 7.43. The summed E-state index contributed by atoms with van der Waals surface area (Å²) in [6.45, 7) is -0.0316. The Hall–Kier alpha value is -2.99. The van der Waals surface area contributed by atoms with Crippen molar-refractivity contribution in [2.75, 3.05) is 16.8 Å². The molecule has 0 fully saturated rings. The van der Waals surface area contributed by atoms with Crippen LogP contribution < -0.4 is 10.2 Å². The first kappa shape index (κ1) is 17.4. The highest BCUT2D eigenvalue weighted by Gasteiger charge is 2.31. The smallest absolute Gasteiger partial charge is 0.244 e. The Labute approximate surface area is 161 Å². The molecule has 0 spiro atoms. The van der Waals surface area contributed by atoms with Crippen LogP contribution in [0, 0.1) is 0 Å². The number of nitrogens with zero attached hydrogens (tertiary/aromatic N) is 1. The molecule has 2 amide bonds. The summed E-state index contributed by atoms with van der Waals surface area (Å²) in [4.78, 5) is 28.0. The zero-order valence-electron chi connectivity index (χ0n) is 14.5. The third-order valence-electron chi connectivity index (χ3n) is 4.31. The maximum absolute atomic E-state index is 13.0. The van der Waals surface area contributed by atoms with Crippen LogP contribution in [0.5, 0.6) is 0 Å². The molecular weight excluding hydrogens is 360 g/mol. The van der Waals surface area contributed by atoms with E-state index < -0.39 is 0 Å². The number of amides is 2. The largest absolute Gasteiger partial charge is 0.468 e. The monoisotopic (exact) mass is 378 g/mol. The van der Waals surface area contributed by atoms with Crippen molar-refractivity contribution >= 4 is 35.0 Å². The van der Waals surface area contributed by atoms with Gasteiger partial charge in [-0.1, -0.05) is 30.3 Å². The summed E-state index contributed by atoms with van der Waals surface area (Å²) in [5, 5.41) is 2.73. The Kier molecular flexibility index (Phi) is 4.98. The molecule has 3 aromatic rings. The number of furan rings is 1. The number of benzene rings is 2. The average molecular weight is 378 g/mol. The zero-order valence-corrected chi connectivity index (χ0v) is 15.3. The van der Waals surface area contributed by atoms with Crippen LogP contribution in [0.3, 0.4) is 0 Å². The maximum atomic E-state index is 13.0. The minimum absolute atomic E-state index is 0.0316. The number of hydrogen-bond acceptors (Lipinski definition) is 4. The van der Waals surface area contributed by atoms with E-state index in [-0.39, 0.29) is 30.0 Å². The lowest BCUT2D eigenvalue weighted by Gasteiger charge is -2.22. The van der Waals surface area contributed by atoms with Gasteiger partial charge in [0.15, 0.2) is 0 Å². The Bertz CT molecular complexity index is 941. The highest BCUT2D eigenvalue weighted by Crippen LogP contribution is 2.45. The van der Waals surface area contributed by atoms with Gasteiger partial charge in [-0.15, -0.1) is 11.8 Å². The summed E-state index contributed by atoms with van der Waals surface area (Å²) in [5.74, 6) is 0.432. The first-order chi connectivity index (χ1) is 13.2. The van der Waals surface area contributed by atoms with Crippen molar-refractivity contribution in [3.8, 4) is 0 Å². The van der Waals surface area contributed by atoms with Gasteiger partial charge in [-0.05, 0) is 36.4 Å². The fourth-order valence-electron chi connectivity index (χ4n) is 3.05. The standard InChI is InChI=1S/C21H18N2O3S/c24-20(22-15-7-2-1-3-8-15)14-23-16-9-4-5-11-18(16)27-19(13-21(23)25)17-10-6-12-26-17/h1-12,19H,13-14H2,(H,22,24). The number of nitrogens with one attached hydrogen (secondary N) is 1. The van der Waals surface area contributed by atoms with E-state index in [2.05, 4.69) is 5.32 Å². The molecule has 6 heteroatoms. The summed E-state index contributed by atoms with van der Waals surface area (Å²) in [5.41, 5.74) is 1.46. The minimum Gasteiger partial charge on any atom is -0.468 e. The first-order valence-corrected chi connectivity index (χ1v) is 9.53. The van der Waals surface area contributed by atoms with Gasteiger partial charge < -0.3 is 14.6 Å². The molecule has 0 aliphatic carbocycles. The Morgan fingerprint density at radius 1 is 1.07 bits per heavy atom. The normalized spacial score (nSPS) is 16.5. The van der Waals surface area contributed by atoms with Gasteiger partial charge in [0.05, 0.1) is 17.2 Å². The predicted octanol–water partition coefficient (Wildman–Crippen LogP) is 4.49. The summed E-state index contributed by atoms with van der Waals surface area (Å²) < 4.78 is 5.52. The van der Waals surface area contributed by atoms with E-state index in [1.54, 1.807) is 22.9 Å². The number of carbonyl (C=O) groups is 2. The van der Waals surface area contributed by atoms with Crippen molar-refractivity contribution in [3.63, 3.8) is 0 Å². The first-order valence-electron chi connectivity index (χ1n) is 8.65.